The number of nitrogens with one attached hydrogen (secondary N) is 1. The molecule has 0 saturated carbocycles. The van der Waals surface area contributed by atoms with Crippen LogP contribution in [0.25, 0.3) is 0 Å². The second-order valence-corrected chi connectivity index (χ2v) is 5.70. The van der Waals surface area contributed by atoms with E-state index in [4.69, 9.17) is 9.47 Å². The van der Waals surface area contributed by atoms with Crippen LogP contribution in [0.1, 0.15) is 12.2 Å². The molecule has 1 saturated heterocycles. The van der Waals surface area contributed by atoms with Gasteiger partial charge in [-0.05, 0) is 6.42 Å². The number of aromatic nitrogens is 5. The van der Waals surface area contributed by atoms with Gasteiger partial charge < -0.3 is 14.4 Å². The highest BCUT2D eigenvalue weighted by Crippen LogP contribution is 2.33. The van der Waals surface area contributed by atoms with Crippen LogP contribution in [-0.4, -0.2) is 50.5 Å². The normalized spacial score (nSPS) is 23.3. The molecule has 0 aromatic carbocycles. The lowest BCUT2D eigenvalue weighted by Crippen LogP contribution is -2.46. The van der Waals surface area contributed by atoms with Crippen molar-refractivity contribution >= 4 is 5.95 Å². The van der Waals surface area contributed by atoms with E-state index in [1.807, 2.05) is 4.90 Å². The molecule has 4 rings (SSSR count). The molecule has 1 unspecified atom stereocenters. The lowest BCUT2D eigenvalue weighted by Gasteiger charge is -2.33. The highest BCUT2D eigenvalue weighted by molar-refractivity contribution is 5.35. The van der Waals surface area contributed by atoms with Crippen molar-refractivity contribution < 1.29 is 13.9 Å². The molecule has 122 valence electrons. The van der Waals surface area contributed by atoms with Crippen LogP contribution in [0.5, 0.6) is 5.88 Å². The van der Waals surface area contributed by atoms with Gasteiger partial charge in [-0.15, -0.1) is 0 Å². The summed E-state index contributed by atoms with van der Waals surface area (Å²) in [6.45, 7) is 1.86. The Kier molecular flexibility index (Phi) is 3.08. The first kappa shape index (κ1) is 14.1. The van der Waals surface area contributed by atoms with E-state index in [0.29, 0.717) is 37.8 Å². The molecule has 1 atom stereocenters. The Hall–Kier alpha value is -2.49. The van der Waals surface area contributed by atoms with Gasteiger partial charge >= 0.3 is 5.69 Å². The molecule has 1 N–H and O–H groups in total. The standard InChI is InChI=1S/C13H15FN6O3/c1-22-10-8(14)4-15-11(16-10)19-3-2-13(6-19)7-20-9(5-23-13)17-18-12(20)21/h4H,2-3,5-7H2,1H3,(H,18,21). The SMILES string of the molecule is COc1nc(N2CCC3(C2)Cn2c(n[nH]c2=O)CO3)ncc1F. The molecule has 1 spiro atoms. The fourth-order valence-corrected chi connectivity index (χ4v) is 3.08. The van der Waals surface area contributed by atoms with Crippen molar-refractivity contribution in [2.45, 2.75) is 25.2 Å². The van der Waals surface area contributed by atoms with Crippen LogP contribution in [0.3, 0.4) is 0 Å². The van der Waals surface area contributed by atoms with Crippen molar-refractivity contribution in [2.24, 2.45) is 0 Å². The third kappa shape index (κ3) is 2.25. The number of fused-ring (bicyclic) bond motifs is 1. The highest BCUT2D eigenvalue weighted by Gasteiger charge is 2.44. The Bertz CT molecular complexity index is 805. The van der Waals surface area contributed by atoms with Crippen LogP contribution in [0, 0.1) is 5.82 Å². The van der Waals surface area contributed by atoms with Gasteiger partial charge in [0.2, 0.25) is 11.8 Å². The quantitative estimate of drug-likeness (QED) is 0.809. The molecule has 4 heterocycles. The Labute approximate surface area is 130 Å². The molecule has 2 aromatic heterocycles. The summed E-state index contributed by atoms with van der Waals surface area (Å²) in [6, 6.07) is 0. The van der Waals surface area contributed by atoms with Gasteiger partial charge in [-0.3, -0.25) is 4.57 Å². The van der Waals surface area contributed by atoms with Crippen molar-refractivity contribution in [3.8, 4) is 5.88 Å². The number of halogens is 1. The zero-order chi connectivity index (χ0) is 16.0. The molecule has 0 radical (unpaired) electrons. The molecule has 10 heteroatoms. The fraction of sp³-hybridized carbons (Fsp3) is 0.538. The van der Waals surface area contributed by atoms with E-state index < -0.39 is 11.4 Å². The molecule has 0 amide bonds. The first-order valence-electron chi connectivity index (χ1n) is 7.20. The van der Waals surface area contributed by atoms with Crippen LogP contribution in [0.15, 0.2) is 11.0 Å². The van der Waals surface area contributed by atoms with E-state index in [0.717, 1.165) is 6.20 Å². The van der Waals surface area contributed by atoms with Crippen molar-refractivity contribution in [1.29, 1.82) is 0 Å². The molecule has 0 aliphatic carbocycles. The third-order valence-electron chi connectivity index (χ3n) is 4.28. The number of nitrogens with zero attached hydrogens (tertiary/aromatic N) is 5. The van der Waals surface area contributed by atoms with Gasteiger partial charge in [-0.2, -0.15) is 14.5 Å². The predicted molar refractivity (Wildman–Crippen MR) is 75.7 cm³/mol. The number of ether oxygens (including phenoxy) is 2. The zero-order valence-electron chi connectivity index (χ0n) is 12.5. The number of hydrogen-bond donors (Lipinski definition) is 1. The van der Waals surface area contributed by atoms with E-state index in [1.165, 1.54) is 7.11 Å². The summed E-state index contributed by atoms with van der Waals surface area (Å²) in [7, 11) is 1.36. The number of methoxy groups -OCH3 is 1. The molecular weight excluding hydrogens is 307 g/mol. The monoisotopic (exact) mass is 322 g/mol. The van der Waals surface area contributed by atoms with Crippen molar-refractivity contribution in [3.63, 3.8) is 0 Å². The Morgan fingerprint density at radius 2 is 2.35 bits per heavy atom. The molecule has 23 heavy (non-hydrogen) atoms. The maximum atomic E-state index is 13.4. The Morgan fingerprint density at radius 1 is 1.48 bits per heavy atom. The van der Waals surface area contributed by atoms with Gasteiger partial charge in [0.05, 0.1) is 26.4 Å². The van der Waals surface area contributed by atoms with E-state index in [9.17, 15) is 9.18 Å². The number of aromatic amines is 1. The minimum atomic E-state index is -0.603. The van der Waals surface area contributed by atoms with Crippen LogP contribution < -0.4 is 15.3 Å². The summed E-state index contributed by atoms with van der Waals surface area (Å²) in [5.41, 5.74) is -0.730. The van der Waals surface area contributed by atoms with Crippen LogP contribution in [0.2, 0.25) is 0 Å². The van der Waals surface area contributed by atoms with E-state index in [1.54, 1.807) is 4.57 Å². The fourth-order valence-electron chi connectivity index (χ4n) is 3.08. The van der Waals surface area contributed by atoms with E-state index in [-0.39, 0.29) is 18.2 Å². The molecule has 2 aliphatic rings. The topological polar surface area (TPSA) is 98.2 Å². The van der Waals surface area contributed by atoms with E-state index >= 15 is 0 Å². The number of hydrogen-bond acceptors (Lipinski definition) is 7. The number of rotatable bonds is 2. The smallest absolute Gasteiger partial charge is 0.343 e. The maximum absolute atomic E-state index is 13.4. The van der Waals surface area contributed by atoms with Crippen LogP contribution >= 0.6 is 0 Å². The van der Waals surface area contributed by atoms with Gasteiger partial charge in [-0.1, -0.05) is 0 Å². The third-order valence-corrected chi connectivity index (χ3v) is 4.28. The minimum Gasteiger partial charge on any atom is -0.479 e. The summed E-state index contributed by atoms with van der Waals surface area (Å²) in [5.74, 6) is 0.287. The first-order chi connectivity index (χ1) is 11.1. The molecular formula is C13H15FN6O3. The summed E-state index contributed by atoms with van der Waals surface area (Å²) in [4.78, 5) is 21.8. The van der Waals surface area contributed by atoms with Crippen molar-refractivity contribution in [2.75, 3.05) is 25.1 Å². The van der Waals surface area contributed by atoms with Crippen molar-refractivity contribution in [3.05, 3.63) is 28.3 Å². The van der Waals surface area contributed by atoms with Gasteiger partial charge in [0.15, 0.2) is 5.82 Å². The Balaban J connectivity index is 1.58. The summed E-state index contributed by atoms with van der Waals surface area (Å²) in [6.07, 6.45) is 1.81. The largest absolute Gasteiger partial charge is 0.479 e. The molecule has 2 aliphatic heterocycles. The predicted octanol–water partition coefficient (Wildman–Crippen LogP) is -0.312. The minimum absolute atomic E-state index is 0.0890. The van der Waals surface area contributed by atoms with Crippen LogP contribution in [-0.2, 0) is 17.9 Å². The second kappa shape index (κ2) is 5.01. The summed E-state index contributed by atoms with van der Waals surface area (Å²) in [5, 5.41) is 6.35. The average Bonchev–Trinajstić information content (AvgIpc) is 3.13. The zero-order valence-corrected chi connectivity index (χ0v) is 12.5. The van der Waals surface area contributed by atoms with Crippen molar-refractivity contribution in [1.82, 2.24) is 24.7 Å². The summed E-state index contributed by atoms with van der Waals surface area (Å²) >= 11 is 0. The highest BCUT2D eigenvalue weighted by atomic mass is 19.1. The lowest BCUT2D eigenvalue weighted by atomic mass is 10.0. The van der Waals surface area contributed by atoms with Gasteiger partial charge in [-0.25, -0.2) is 14.9 Å². The van der Waals surface area contributed by atoms with E-state index in [2.05, 4.69) is 20.2 Å². The van der Waals surface area contributed by atoms with Gasteiger partial charge in [0.1, 0.15) is 12.2 Å². The van der Waals surface area contributed by atoms with Gasteiger partial charge in [0.25, 0.3) is 5.88 Å². The second-order valence-electron chi connectivity index (χ2n) is 5.70. The molecule has 2 aromatic rings. The van der Waals surface area contributed by atoms with Gasteiger partial charge in [0, 0.05) is 6.54 Å². The molecule has 1 fully saturated rings. The molecule has 0 bridgehead atoms. The summed E-state index contributed by atoms with van der Waals surface area (Å²) < 4.78 is 25.9. The average molecular weight is 322 g/mol. The number of anilines is 1. The molecule has 9 nitrogen and oxygen atoms in total. The van der Waals surface area contributed by atoms with Crippen LogP contribution in [0.4, 0.5) is 10.3 Å². The Morgan fingerprint density at radius 3 is 3.17 bits per heavy atom. The maximum Gasteiger partial charge on any atom is 0.343 e. The lowest BCUT2D eigenvalue weighted by molar-refractivity contribution is -0.0760. The number of H-pyrrole nitrogens is 1. The first-order valence-corrected chi connectivity index (χ1v) is 7.20.